The number of nitrogens with one attached hydrogen (secondary N) is 1. The Morgan fingerprint density at radius 1 is 1.09 bits per heavy atom. The number of anilines is 1. The molecule has 1 aromatic carbocycles. The average molecular weight is 328 g/mol. The fourth-order valence-electron chi connectivity index (χ4n) is 2.04. The normalized spacial score (nSPS) is 10.5. The Morgan fingerprint density at radius 2 is 1.91 bits per heavy atom. The number of rotatable bonds is 5. The lowest BCUT2D eigenvalue weighted by Gasteiger charge is -2.03. The summed E-state index contributed by atoms with van der Waals surface area (Å²) in [7, 11) is 0. The van der Waals surface area contributed by atoms with Gasteiger partial charge in [-0.3, -0.25) is 4.79 Å². The van der Waals surface area contributed by atoms with Gasteiger partial charge >= 0.3 is 0 Å². The van der Waals surface area contributed by atoms with Gasteiger partial charge in [0.1, 0.15) is 5.82 Å². The summed E-state index contributed by atoms with van der Waals surface area (Å²) in [6, 6.07) is 13.0. The molecule has 3 aromatic rings. The van der Waals surface area contributed by atoms with Crippen LogP contribution >= 0.6 is 11.6 Å². The summed E-state index contributed by atoms with van der Waals surface area (Å²) in [5, 5.41) is 3.22. The van der Waals surface area contributed by atoms with Crippen molar-refractivity contribution in [3.63, 3.8) is 0 Å². The highest BCUT2D eigenvalue weighted by molar-refractivity contribution is 6.30. The topological polar surface area (TPSA) is 68.0 Å². The van der Waals surface area contributed by atoms with Crippen LogP contribution in [-0.2, 0) is 11.2 Å². The molecule has 116 valence electrons. The van der Waals surface area contributed by atoms with Gasteiger partial charge in [0.25, 0.3) is 0 Å². The van der Waals surface area contributed by atoms with Gasteiger partial charge in [0.05, 0.1) is 11.2 Å². The molecule has 2 aromatic heterocycles. The molecule has 0 saturated heterocycles. The van der Waals surface area contributed by atoms with E-state index in [4.69, 9.17) is 16.0 Å². The van der Waals surface area contributed by atoms with Crippen molar-refractivity contribution in [3.8, 4) is 11.3 Å². The first-order valence-corrected chi connectivity index (χ1v) is 7.50. The second-order valence-corrected chi connectivity index (χ2v) is 5.33. The number of benzene rings is 1. The molecule has 0 aliphatic carbocycles. The SMILES string of the molecule is O=C(CCc1ncc(-c2ccccc2)o1)Nc1ccc(Cl)cn1. The maximum absolute atomic E-state index is 11.9. The molecule has 0 aliphatic heterocycles. The molecule has 0 aliphatic rings. The van der Waals surface area contributed by atoms with Crippen molar-refractivity contribution in [1.29, 1.82) is 0 Å². The molecule has 0 bridgehead atoms. The Kier molecular flexibility index (Phi) is 4.68. The largest absolute Gasteiger partial charge is 0.441 e. The van der Waals surface area contributed by atoms with E-state index in [0.29, 0.717) is 28.9 Å². The lowest BCUT2D eigenvalue weighted by molar-refractivity contribution is -0.116. The quantitative estimate of drug-likeness (QED) is 0.770. The standard InChI is InChI=1S/C17H14ClN3O2/c18-13-6-7-15(19-10-13)21-16(22)8-9-17-20-11-14(23-17)12-4-2-1-3-5-12/h1-7,10-11H,8-9H2,(H,19,21,22). The van der Waals surface area contributed by atoms with E-state index >= 15 is 0 Å². The van der Waals surface area contributed by atoms with Crippen LogP contribution in [0.5, 0.6) is 0 Å². The summed E-state index contributed by atoms with van der Waals surface area (Å²) in [6.45, 7) is 0. The molecule has 0 fully saturated rings. The predicted molar refractivity (Wildman–Crippen MR) is 88.1 cm³/mol. The van der Waals surface area contributed by atoms with Crippen LogP contribution in [0.15, 0.2) is 59.3 Å². The zero-order valence-corrected chi connectivity index (χ0v) is 13.0. The molecule has 1 N–H and O–H groups in total. The molecule has 2 heterocycles. The first-order chi connectivity index (χ1) is 11.2. The van der Waals surface area contributed by atoms with Gasteiger partial charge in [0.15, 0.2) is 11.7 Å². The molecular formula is C17H14ClN3O2. The maximum atomic E-state index is 11.9. The summed E-state index contributed by atoms with van der Waals surface area (Å²) in [5.74, 6) is 1.54. The van der Waals surface area contributed by atoms with Gasteiger partial charge in [-0.25, -0.2) is 9.97 Å². The summed E-state index contributed by atoms with van der Waals surface area (Å²) in [5.41, 5.74) is 0.959. The van der Waals surface area contributed by atoms with Crippen molar-refractivity contribution in [3.05, 3.63) is 65.8 Å². The van der Waals surface area contributed by atoms with Gasteiger partial charge in [-0.2, -0.15) is 0 Å². The molecule has 0 unspecified atom stereocenters. The third kappa shape index (κ3) is 4.17. The van der Waals surface area contributed by atoms with E-state index in [1.807, 2.05) is 30.3 Å². The molecule has 1 amide bonds. The molecule has 6 heteroatoms. The van der Waals surface area contributed by atoms with Gasteiger partial charge in [0.2, 0.25) is 5.91 Å². The van der Waals surface area contributed by atoms with E-state index in [9.17, 15) is 4.79 Å². The molecule has 5 nitrogen and oxygen atoms in total. The molecule has 0 saturated carbocycles. The second-order valence-electron chi connectivity index (χ2n) is 4.89. The van der Waals surface area contributed by atoms with Crippen molar-refractivity contribution in [2.75, 3.05) is 5.32 Å². The third-order valence-electron chi connectivity index (χ3n) is 3.17. The Hall–Kier alpha value is -2.66. The summed E-state index contributed by atoms with van der Waals surface area (Å²) < 4.78 is 5.66. The van der Waals surface area contributed by atoms with Crippen LogP contribution in [0.2, 0.25) is 5.02 Å². The van der Waals surface area contributed by atoms with Crippen LogP contribution in [0.25, 0.3) is 11.3 Å². The van der Waals surface area contributed by atoms with E-state index in [1.165, 1.54) is 6.20 Å². The lowest BCUT2D eigenvalue weighted by atomic mass is 10.2. The fourth-order valence-corrected chi connectivity index (χ4v) is 2.15. The number of oxazole rings is 1. The van der Waals surface area contributed by atoms with Crippen molar-refractivity contribution in [1.82, 2.24) is 9.97 Å². The number of hydrogen-bond acceptors (Lipinski definition) is 4. The zero-order valence-electron chi connectivity index (χ0n) is 12.2. The first-order valence-electron chi connectivity index (χ1n) is 7.12. The Bertz CT molecular complexity index is 785. The summed E-state index contributed by atoms with van der Waals surface area (Å²) in [4.78, 5) is 20.1. The van der Waals surface area contributed by atoms with Crippen molar-refractivity contribution in [2.45, 2.75) is 12.8 Å². The number of carbonyl (C=O) groups excluding carboxylic acids is 1. The molecule has 3 rings (SSSR count). The molecular weight excluding hydrogens is 314 g/mol. The Labute approximate surface area is 138 Å². The van der Waals surface area contributed by atoms with E-state index in [2.05, 4.69) is 15.3 Å². The molecule has 0 spiro atoms. The first kappa shape index (κ1) is 15.2. The predicted octanol–water partition coefficient (Wildman–Crippen LogP) is 3.96. The number of amides is 1. The van der Waals surface area contributed by atoms with E-state index in [0.717, 1.165) is 5.56 Å². The second kappa shape index (κ2) is 7.07. The number of aryl methyl sites for hydroxylation is 1. The molecule has 0 atom stereocenters. The smallest absolute Gasteiger partial charge is 0.226 e. The van der Waals surface area contributed by atoms with Crippen molar-refractivity contribution in [2.24, 2.45) is 0 Å². The van der Waals surface area contributed by atoms with E-state index in [-0.39, 0.29) is 12.3 Å². The van der Waals surface area contributed by atoms with E-state index in [1.54, 1.807) is 18.3 Å². The highest BCUT2D eigenvalue weighted by atomic mass is 35.5. The minimum Gasteiger partial charge on any atom is -0.441 e. The number of nitrogens with zero attached hydrogens (tertiary/aromatic N) is 2. The minimum atomic E-state index is -0.153. The van der Waals surface area contributed by atoms with Gasteiger partial charge < -0.3 is 9.73 Å². The molecule has 0 radical (unpaired) electrons. The van der Waals surface area contributed by atoms with Gasteiger partial charge in [-0.1, -0.05) is 41.9 Å². The third-order valence-corrected chi connectivity index (χ3v) is 3.40. The van der Waals surface area contributed by atoms with Crippen LogP contribution in [0, 0.1) is 0 Å². The number of carbonyl (C=O) groups is 1. The van der Waals surface area contributed by atoms with Crippen molar-refractivity contribution >= 4 is 23.3 Å². The van der Waals surface area contributed by atoms with Crippen LogP contribution in [0.4, 0.5) is 5.82 Å². The Morgan fingerprint density at radius 3 is 2.65 bits per heavy atom. The van der Waals surface area contributed by atoms with Crippen LogP contribution in [0.1, 0.15) is 12.3 Å². The average Bonchev–Trinajstić information content (AvgIpc) is 3.05. The number of pyridine rings is 1. The lowest BCUT2D eigenvalue weighted by Crippen LogP contribution is -2.13. The van der Waals surface area contributed by atoms with Crippen molar-refractivity contribution < 1.29 is 9.21 Å². The molecule has 23 heavy (non-hydrogen) atoms. The van der Waals surface area contributed by atoms with Crippen LogP contribution < -0.4 is 5.32 Å². The number of halogens is 1. The van der Waals surface area contributed by atoms with E-state index < -0.39 is 0 Å². The zero-order chi connectivity index (χ0) is 16.1. The maximum Gasteiger partial charge on any atom is 0.226 e. The van der Waals surface area contributed by atoms with Gasteiger partial charge in [-0.05, 0) is 12.1 Å². The Balaban J connectivity index is 1.55. The summed E-state index contributed by atoms with van der Waals surface area (Å²) in [6.07, 6.45) is 3.84. The fraction of sp³-hybridized carbons (Fsp3) is 0.118. The highest BCUT2D eigenvalue weighted by Gasteiger charge is 2.09. The monoisotopic (exact) mass is 327 g/mol. The van der Waals surface area contributed by atoms with Gasteiger partial charge in [-0.15, -0.1) is 0 Å². The highest BCUT2D eigenvalue weighted by Crippen LogP contribution is 2.20. The number of aromatic nitrogens is 2. The van der Waals surface area contributed by atoms with Gasteiger partial charge in [0, 0.05) is 24.6 Å². The number of hydrogen-bond donors (Lipinski definition) is 1. The minimum absolute atomic E-state index is 0.153. The van der Waals surface area contributed by atoms with Crippen LogP contribution in [-0.4, -0.2) is 15.9 Å². The van der Waals surface area contributed by atoms with Crippen LogP contribution in [0.3, 0.4) is 0 Å². The summed E-state index contributed by atoms with van der Waals surface area (Å²) >= 11 is 5.75.